The smallest absolute Gasteiger partial charge is 0.328 e. The van der Waals surface area contributed by atoms with E-state index in [-0.39, 0.29) is 12.4 Å². The molecule has 0 atom stereocenters. The van der Waals surface area contributed by atoms with Gasteiger partial charge in [0, 0.05) is 11.6 Å². The van der Waals surface area contributed by atoms with Gasteiger partial charge in [0.05, 0.1) is 0 Å². The van der Waals surface area contributed by atoms with Crippen molar-refractivity contribution < 1.29 is 19.0 Å². The van der Waals surface area contributed by atoms with Gasteiger partial charge in [-0.15, -0.1) is 0 Å². The highest BCUT2D eigenvalue weighted by Gasteiger charge is 2.02. The van der Waals surface area contributed by atoms with E-state index >= 15 is 0 Å². The molecular formula is C12H10ClFO3. The molecule has 1 N–H and O–H groups in total. The molecule has 0 aliphatic carbocycles. The lowest BCUT2D eigenvalue weighted by molar-refractivity contribution is -0.131. The Morgan fingerprint density at radius 1 is 1.53 bits per heavy atom. The summed E-state index contributed by atoms with van der Waals surface area (Å²) in [5.74, 6) is -1.55. The Balaban J connectivity index is 2.75. The van der Waals surface area contributed by atoms with Gasteiger partial charge in [-0.3, -0.25) is 0 Å². The molecule has 0 radical (unpaired) electrons. The maximum atomic E-state index is 13.4. The van der Waals surface area contributed by atoms with Crippen LogP contribution in [0.15, 0.2) is 35.9 Å². The Hall–Kier alpha value is -1.81. The van der Waals surface area contributed by atoms with Gasteiger partial charge in [-0.2, -0.15) is 0 Å². The average molecular weight is 257 g/mol. The number of benzene rings is 1. The molecule has 0 bridgehead atoms. The van der Waals surface area contributed by atoms with Crippen molar-refractivity contribution in [1.29, 1.82) is 0 Å². The van der Waals surface area contributed by atoms with Crippen LogP contribution in [0, 0.1) is 5.82 Å². The lowest BCUT2D eigenvalue weighted by Gasteiger charge is -2.04. The molecule has 0 fully saturated rings. The highest BCUT2D eigenvalue weighted by molar-refractivity contribution is 6.25. The SMILES string of the molecule is O=C(O)/C=C/c1ccc(OC/C=C/Cl)c(F)c1. The first-order chi connectivity index (χ1) is 8.13. The topological polar surface area (TPSA) is 46.5 Å². The summed E-state index contributed by atoms with van der Waals surface area (Å²) in [4.78, 5) is 10.3. The minimum atomic E-state index is -1.09. The van der Waals surface area contributed by atoms with Gasteiger partial charge in [-0.1, -0.05) is 17.7 Å². The molecule has 3 nitrogen and oxygen atoms in total. The lowest BCUT2D eigenvalue weighted by atomic mass is 10.2. The maximum Gasteiger partial charge on any atom is 0.328 e. The van der Waals surface area contributed by atoms with Crippen LogP contribution >= 0.6 is 11.6 Å². The van der Waals surface area contributed by atoms with Crippen molar-refractivity contribution in [2.45, 2.75) is 0 Å². The normalized spacial score (nSPS) is 11.2. The molecule has 0 heterocycles. The van der Waals surface area contributed by atoms with E-state index in [4.69, 9.17) is 21.4 Å². The second kappa shape index (κ2) is 6.70. The van der Waals surface area contributed by atoms with Gasteiger partial charge in [-0.05, 0) is 29.8 Å². The molecule has 0 aliphatic rings. The number of rotatable bonds is 5. The van der Waals surface area contributed by atoms with E-state index in [1.165, 1.54) is 29.8 Å². The molecule has 0 amide bonds. The van der Waals surface area contributed by atoms with Crippen LogP contribution in [0.1, 0.15) is 5.56 Å². The Kier molecular flexibility index (Phi) is 5.23. The fourth-order valence-corrected chi connectivity index (χ4v) is 1.15. The average Bonchev–Trinajstić information content (AvgIpc) is 2.29. The molecule has 1 rings (SSSR count). The van der Waals surface area contributed by atoms with Crippen LogP contribution in [0.3, 0.4) is 0 Å². The predicted molar refractivity (Wildman–Crippen MR) is 63.6 cm³/mol. The van der Waals surface area contributed by atoms with Gasteiger partial charge in [0.1, 0.15) is 6.61 Å². The molecule has 0 unspecified atom stereocenters. The zero-order valence-electron chi connectivity index (χ0n) is 8.77. The van der Waals surface area contributed by atoms with Gasteiger partial charge in [0.25, 0.3) is 0 Å². The largest absolute Gasteiger partial charge is 0.486 e. The molecule has 5 heteroatoms. The highest BCUT2D eigenvalue weighted by atomic mass is 35.5. The van der Waals surface area contributed by atoms with Gasteiger partial charge < -0.3 is 9.84 Å². The molecule has 0 aromatic heterocycles. The summed E-state index contributed by atoms with van der Waals surface area (Å²) in [7, 11) is 0. The first-order valence-electron chi connectivity index (χ1n) is 4.72. The van der Waals surface area contributed by atoms with Gasteiger partial charge in [-0.25, -0.2) is 9.18 Å². The maximum absolute atomic E-state index is 13.4. The minimum absolute atomic E-state index is 0.0900. The van der Waals surface area contributed by atoms with Crippen LogP contribution < -0.4 is 4.74 Å². The van der Waals surface area contributed by atoms with Crippen molar-refractivity contribution in [1.82, 2.24) is 0 Å². The minimum Gasteiger partial charge on any atom is -0.486 e. The lowest BCUT2D eigenvalue weighted by Crippen LogP contribution is -1.96. The van der Waals surface area contributed by atoms with Crippen molar-refractivity contribution in [2.75, 3.05) is 6.61 Å². The van der Waals surface area contributed by atoms with Gasteiger partial charge in [0.2, 0.25) is 0 Å². The van der Waals surface area contributed by atoms with Crippen molar-refractivity contribution >= 4 is 23.6 Å². The van der Waals surface area contributed by atoms with Crippen LogP contribution in [-0.2, 0) is 4.79 Å². The van der Waals surface area contributed by atoms with Gasteiger partial charge >= 0.3 is 5.97 Å². The van der Waals surface area contributed by atoms with Crippen molar-refractivity contribution in [3.05, 3.63) is 47.3 Å². The Labute approximate surface area is 103 Å². The zero-order valence-corrected chi connectivity index (χ0v) is 9.52. The van der Waals surface area contributed by atoms with E-state index < -0.39 is 11.8 Å². The second-order valence-corrected chi connectivity index (χ2v) is 3.29. The molecule has 90 valence electrons. The standard InChI is InChI=1S/C12H10ClFO3/c13-6-1-7-17-11-4-2-9(8-10(11)14)3-5-12(15)16/h1-6,8H,7H2,(H,15,16)/b5-3+,6-1+. The molecule has 17 heavy (non-hydrogen) atoms. The van der Waals surface area contributed by atoms with Crippen molar-refractivity contribution in [2.24, 2.45) is 0 Å². The van der Waals surface area contributed by atoms with Crippen LogP contribution in [0.25, 0.3) is 6.08 Å². The third-order valence-electron chi connectivity index (χ3n) is 1.80. The molecule has 0 aliphatic heterocycles. The predicted octanol–water partition coefficient (Wildman–Crippen LogP) is 3.05. The zero-order chi connectivity index (χ0) is 12.7. The third-order valence-corrected chi connectivity index (χ3v) is 1.98. The number of hydrogen-bond acceptors (Lipinski definition) is 2. The van der Waals surface area contributed by atoms with E-state index in [1.807, 2.05) is 0 Å². The number of halogens is 2. The number of aliphatic carboxylic acids is 1. The quantitative estimate of drug-likeness (QED) is 0.824. The monoisotopic (exact) mass is 256 g/mol. The number of carboxylic acid groups (broad SMARTS) is 1. The van der Waals surface area contributed by atoms with Crippen LogP contribution in [0.4, 0.5) is 4.39 Å². The number of carbonyl (C=O) groups is 1. The fraction of sp³-hybridized carbons (Fsp3) is 0.0833. The van der Waals surface area contributed by atoms with Crippen molar-refractivity contribution in [3.8, 4) is 5.75 Å². The van der Waals surface area contributed by atoms with Crippen LogP contribution in [0.2, 0.25) is 0 Å². The highest BCUT2D eigenvalue weighted by Crippen LogP contribution is 2.19. The van der Waals surface area contributed by atoms with Gasteiger partial charge in [0.15, 0.2) is 11.6 Å². The summed E-state index contributed by atoms with van der Waals surface area (Å²) in [6.07, 6.45) is 3.76. The van der Waals surface area contributed by atoms with E-state index in [0.717, 1.165) is 6.08 Å². The number of hydrogen-bond donors (Lipinski definition) is 1. The van der Waals surface area contributed by atoms with E-state index in [1.54, 1.807) is 6.07 Å². The summed E-state index contributed by atoms with van der Waals surface area (Å²) >= 11 is 5.28. The molecular weight excluding hydrogens is 247 g/mol. The fourth-order valence-electron chi connectivity index (χ4n) is 1.08. The number of carboxylic acids is 1. The molecule has 0 spiro atoms. The van der Waals surface area contributed by atoms with E-state index in [9.17, 15) is 9.18 Å². The Morgan fingerprint density at radius 2 is 2.29 bits per heavy atom. The van der Waals surface area contributed by atoms with Crippen LogP contribution in [0.5, 0.6) is 5.75 Å². The summed E-state index contributed by atoms with van der Waals surface area (Å²) in [6, 6.07) is 4.18. The molecule has 1 aromatic carbocycles. The summed E-state index contributed by atoms with van der Waals surface area (Å²) < 4.78 is 18.5. The summed E-state index contributed by atoms with van der Waals surface area (Å²) in [5, 5.41) is 8.42. The van der Waals surface area contributed by atoms with Crippen LogP contribution in [-0.4, -0.2) is 17.7 Å². The summed E-state index contributed by atoms with van der Waals surface area (Å²) in [5.41, 5.74) is 1.73. The molecule has 1 aromatic rings. The molecule has 0 saturated heterocycles. The molecule has 0 saturated carbocycles. The third kappa shape index (κ3) is 4.70. The number of ether oxygens (including phenoxy) is 1. The van der Waals surface area contributed by atoms with E-state index in [2.05, 4.69) is 0 Å². The first-order valence-corrected chi connectivity index (χ1v) is 5.15. The first kappa shape index (κ1) is 13.3. The van der Waals surface area contributed by atoms with Crippen molar-refractivity contribution in [3.63, 3.8) is 0 Å². The Bertz CT molecular complexity index is 455. The van der Waals surface area contributed by atoms with E-state index in [0.29, 0.717) is 5.56 Å². The summed E-state index contributed by atoms with van der Waals surface area (Å²) in [6.45, 7) is 0.171. The Morgan fingerprint density at radius 3 is 2.88 bits per heavy atom. The second-order valence-electron chi connectivity index (χ2n) is 3.03.